The molecule has 0 aromatic carbocycles. The minimum Gasteiger partial charge on any atom is -0.264 e. The normalized spacial score (nSPS) is 12.4. The Morgan fingerprint density at radius 3 is 2.30 bits per heavy atom. The molecule has 0 aromatic rings. The average molecular weight is 204 g/mol. The SMILES string of the molecule is O=S(=O)(O)OCCC(S)S. The van der Waals surface area contributed by atoms with Gasteiger partial charge in [0, 0.05) is 4.58 Å². The van der Waals surface area contributed by atoms with Crippen LogP contribution >= 0.6 is 25.3 Å². The van der Waals surface area contributed by atoms with Crippen LogP contribution in [-0.4, -0.2) is 24.2 Å². The van der Waals surface area contributed by atoms with Crippen molar-refractivity contribution in [1.29, 1.82) is 0 Å². The second-order valence-corrected chi connectivity index (χ2v) is 4.26. The van der Waals surface area contributed by atoms with Crippen LogP contribution < -0.4 is 0 Å². The summed E-state index contributed by atoms with van der Waals surface area (Å²) in [7, 11) is -4.29. The fourth-order valence-electron chi connectivity index (χ4n) is 0.259. The van der Waals surface area contributed by atoms with Crippen molar-refractivity contribution in [2.45, 2.75) is 11.0 Å². The van der Waals surface area contributed by atoms with Crippen LogP contribution in [0.4, 0.5) is 0 Å². The Balaban J connectivity index is 3.39. The molecule has 0 aliphatic rings. The van der Waals surface area contributed by atoms with Gasteiger partial charge in [0.1, 0.15) is 0 Å². The van der Waals surface area contributed by atoms with Gasteiger partial charge in [0.05, 0.1) is 6.61 Å². The zero-order chi connectivity index (χ0) is 8.20. The van der Waals surface area contributed by atoms with Gasteiger partial charge in [-0.1, -0.05) is 0 Å². The van der Waals surface area contributed by atoms with E-state index in [9.17, 15) is 8.42 Å². The smallest absolute Gasteiger partial charge is 0.264 e. The molecule has 0 atom stereocenters. The third-order valence-electron chi connectivity index (χ3n) is 0.608. The zero-order valence-corrected chi connectivity index (χ0v) is 7.57. The summed E-state index contributed by atoms with van der Waals surface area (Å²) >= 11 is 7.67. The molecule has 0 spiro atoms. The van der Waals surface area contributed by atoms with E-state index in [-0.39, 0.29) is 11.2 Å². The van der Waals surface area contributed by atoms with Crippen molar-refractivity contribution >= 4 is 35.7 Å². The Morgan fingerprint density at radius 1 is 1.50 bits per heavy atom. The summed E-state index contributed by atoms with van der Waals surface area (Å²) in [6, 6.07) is 0. The fourth-order valence-corrected chi connectivity index (χ4v) is 0.776. The first-order valence-electron chi connectivity index (χ1n) is 2.40. The van der Waals surface area contributed by atoms with E-state index in [1.165, 1.54) is 0 Å². The third-order valence-corrected chi connectivity index (χ3v) is 1.59. The van der Waals surface area contributed by atoms with Gasteiger partial charge in [0.25, 0.3) is 0 Å². The van der Waals surface area contributed by atoms with Crippen LogP contribution in [-0.2, 0) is 14.6 Å². The predicted octanol–water partition coefficient (Wildman–Crippen LogP) is 0.382. The lowest BCUT2D eigenvalue weighted by atomic mass is 10.5. The van der Waals surface area contributed by atoms with E-state index in [0.29, 0.717) is 6.42 Å². The molecule has 0 saturated heterocycles. The van der Waals surface area contributed by atoms with Crippen LogP contribution in [0.25, 0.3) is 0 Å². The van der Waals surface area contributed by atoms with Crippen LogP contribution in [0.1, 0.15) is 6.42 Å². The van der Waals surface area contributed by atoms with Crippen LogP contribution in [0.2, 0.25) is 0 Å². The summed E-state index contributed by atoms with van der Waals surface area (Å²) in [5.74, 6) is 0. The summed E-state index contributed by atoms with van der Waals surface area (Å²) in [5, 5.41) is 0. The molecule has 0 aromatic heterocycles. The third kappa shape index (κ3) is 8.57. The van der Waals surface area contributed by atoms with Crippen molar-refractivity contribution in [3.8, 4) is 0 Å². The van der Waals surface area contributed by atoms with Crippen LogP contribution in [0.5, 0.6) is 0 Å². The van der Waals surface area contributed by atoms with Gasteiger partial charge >= 0.3 is 10.4 Å². The van der Waals surface area contributed by atoms with E-state index in [1.54, 1.807) is 0 Å². The topological polar surface area (TPSA) is 63.6 Å². The maximum absolute atomic E-state index is 9.90. The molecule has 7 heteroatoms. The second kappa shape index (κ2) is 4.45. The molecule has 10 heavy (non-hydrogen) atoms. The van der Waals surface area contributed by atoms with Crippen molar-refractivity contribution < 1.29 is 17.2 Å². The lowest BCUT2D eigenvalue weighted by Gasteiger charge is -2.00. The molecule has 0 aliphatic carbocycles. The van der Waals surface area contributed by atoms with Crippen LogP contribution in [0, 0.1) is 0 Å². The van der Waals surface area contributed by atoms with Crippen molar-refractivity contribution in [3.63, 3.8) is 0 Å². The van der Waals surface area contributed by atoms with E-state index >= 15 is 0 Å². The maximum Gasteiger partial charge on any atom is 0.397 e. The molecule has 1 N–H and O–H groups in total. The van der Waals surface area contributed by atoms with Gasteiger partial charge in [-0.25, -0.2) is 4.18 Å². The molecule has 0 fully saturated rings. The lowest BCUT2D eigenvalue weighted by Crippen LogP contribution is -2.06. The molecule has 0 rings (SSSR count). The van der Waals surface area contributed by atoms with Gasteiger partial charge in [-0.15, -0.1) is 0 Å². The molecule has 0 heterocycles. The van der Waals surface area contributed by atoms with E-state index < -0.39 is 10.4 Å². The van der Waals surface area contributed by atoms with Gasteiger partial charge in [-0.05, 0) is 6.42 Å². The van der Waals surface area contributed by atoms with E-state index in [0.717, 1.165) is 0 Å². The maximum atomic E-state index is 9.90. The Bertz CT molecular complexity index is 172. The molecule has 4 nitrogen and oxygen atoms in total. The first kappa shape index (κ1) is 10.6. The quantitative estimate of drug-likeness (QED) is 0.352. The molecular weight excluding hydrogens is 196 g/mol. The molecule has 0 unspecified atom stereocenters. The minimum absolute atomic E-state index is 0.101. The first-order chi connectivity index (χ1) is 4.42. The number of hydrogen-bond donors (Lipinski definition) is 3. The Hall–Kier alpha value is 0.570. The fraction of sp³-hybridized carbons (Fsp3) is 1.00. The molecule has 0 bridgehead atoms. The zero-order valence-electron chi connectivity index (χ0n) is 4.97. The monoisotopic (exact) mass is 204 g/mol. The molecule has 0 radical (unpaired) electrons. The Labute approximate surface area is 70.7 Å². The largest absolute Gasteiger partial charge is 0.397 e. The number of rotatable bonds is 4. The summed E-state index contributed by atoms with van der Waals surface area (Å²) in [6.45, 7) is -0.101. The summed E-state index contributed by atoms with van der Waals surface area (Å²) in [5.41, 5.74) is 0. The highest BCUT2D eigenvalue weighted by atomic mass is 32.3. The summed E-state index contributed by atoms with van der Waals surface area (Å²) < 4.78 is 31.6. The number of hydrogen-bond acceptors (Lipinski definition) is 5. The van der Waals surface area contributed by atoms with Crippen molar-refractivity contribution in [1.82, 2.24) is 0 Å². The summed E-state index contributed by atoms with van der Waals surface area (Å²) in [4.78, 5) is 0. The van der Waals surface area contributed by atoms with Gasteiger partial charge < -0.3 is 0 Å². The molecular formula is C3H8O4S3. The highest BCUT2D eigenvalue weighted by Crippen LogP contribution is 2.05. The first-order valence-corrected chi connectivity index (χ1v) is 4.79. The Morgan fingerprint density at radius 2 is 2.00 bits per heavy atom. The van der Waals surface area contributed by atoms with E-state index in [4.69, 9.17) is 4.55 Å². The van der Waals surface area contributed by atoms with E-state index in [2.05, 4.69) is 29.4 Å². The van der Waals surface area contributed by atoms with Crippen molar-refractivity contribution in [2.75, 3.05) is 6.61 Å². The van der Waals surface area contributed by atoms with Crippen molar-refractivity contribution in [3.05, 3.63) is 0 Å². The lowest BCUT2D eigenvalue weighted by molar-refractivity contribution is 0.268. The average Bonchev–Trinajstić information content (AvgIpc) is 1.59. The number of thiol groups is 2. The predicted molar refractivity (Wildman–Crippen MR) is 43.9 cm³/mol. The minimum atomic E-state index is -4.29. The molecule has 62 valence electrons. The standard InChI is InChI=1S/C3H8O4S3/c4-10(5,6)7-2-1-3(8)9/h3,8-9H,1-2H2,(H,4,5,6). The van der Waals surface area contributed by atoms with Gasteiger partial charge in [0.2, 0.25) is 0 Å². The van der Waals surface area contributed by atoms with Crippen molar-refractivity contribution in [2.24, 2.45) is 0 Å². The summed E-state index contributed by atoms with van der Waals surface area (Å²) in [6.07, 6.45) is 0.353. The molecule has 0 saturated carbocycles. The Kier molecular flexibility index (Phi) is 4.70. The van der Waals surface area contributed by atoms with Crippen LogP contribution in [0.3, 0.4) is 0 Å². The van der Waals surface area contributed by atoms with E-state index in [1.807, 2.05) is 0 Å². The molecule has 0 amide bonds. The molecule has 0 aliphatic heterocycles. The van der Waals surface area contributed by atoms with Crippen LogP contribution in [0.15, 0.2) is 0 Å². The highest BCUT2D eigenvalue weighted by molar-refractivity contribution is 7.99. The van der Waals surface area contributed by atoms with Gasteiger partial charge in [-0.3, -0.25) is 4.55 Å². The van der Waals surface area contributed by atoms with Gasteiger partial charge in [-0.2, -0.15) is 33.7 Å². The van der Waals surface area contributed by atoms with Gasteiger partial charge in [0.15, 0.2) is 0 Å². The second-order valence-electron chi connectivity index (χ2n) is 1.52. The highest BCUT2D eigenvalue weighted by Gasteiger charge is 2.04.